The molecule has 1 N–H and O–H groups in total. The van der Waals surface area contributed by atoms with Gasteiger partial charge in [0.05, 0.1) is 5.52 Å². The van der Waals surface area contributed by atoms with Crippen molar-refractivity contribution in [3.8, 4) is 11.5 Å². The van der Waals surface area contributed by atoms with Crippen molar-refractivity contribution in [3.05, 3.63) is 71.1 Å². The predicted molar refractivity (Wildman–Crippen MR) is 104 cm³/mol. The zero-order valence-electron chi connectivity index (χ0n) is 15.4. The summed E-state index contributed by atoms with van der Waals surface area (Å²) in [7, 11) is 0. The Kier molecular flexibility index (Phi) is 2.60. The Morgan fingerprint density at radius 1 is 1.17 bits per heavy atom. The first-order valence-electron chi connectivity index (χ1n) is 9.76. The SMILES string of the molecule is O=C1C=C2N(C(=O)c3cc4c5c(ccc4[nH]3)OCO5)C[C@H]3CC23c2ccccc21. The van der Waals surface area contributed by atoms with Crippen molar-refractivity contribution in [1.82, 2.24) is 9.88 Å². The minimum absolute atomic E-state index is 0.0217. The number of nitrogens with zero attached hydrogens (tertiary/aromatic N) is 1. The number of H-pyrrole nitrogens is 1. The van der Waals surface area contributed by atoms with Crippen LogP contribution in [0.5, 0.6) is 11.5 Å². The van der Waals surface area contributed by atoms with Crippen molar-refractivity contribution in [2.75, 3.05) is 13.3 Å². The Labute approximate surface area is 165 Å². The molecule has 1 amide bonds. The largest absolute Gasteiger partial charge is 0.454 e. The molecule has 2 aromatic carbocycles. The summed E-state index contributed by atoms with van der Waals surface area (Å²) in [4.78, 5) is 31.1. The molecule has 6 heteroatoms. The van der Waals surface area contributed by atoms with E-state index < -0.39 is 0 Å². The zero-order valence-corrected chi connectivity index (χ0v) is 15.4. The standard InChI is InChI=1S/C23H16N2O4/c26-18-8-20-23(15-4-2-1-3-13(15)18)9-12(23)10-25(20)22(27)17-7-14-16(24-17)5-6-19-21(14)29-11-28-19/h1-8,12,24H,9-11H2/t12-,23?/m1/s1. The van der Waals surface area contributed by atoms with Gasteiger partial charge in [-0.05, 0) is 36.1 Å². The van der Waals surface area contributed by atoms with Crippen LogP contribution in [-0.4, -0.2) is 34.9 Å². The summed E-state index contributed by atoms with van der Waals surface area (Å²) in [6.07, 6.45) is 2.67. The number of benzene rings is 2. The first-order chi connectivity index (χ1) is 14.2. The molecule has 6 nitrogen and oxygen atoms in total. The lowest BCUT2D eigenvalue weighted by atomic mass is 9.81. The quantitative estimate of drug-likeness (QED) is 0.698. The third kappa shape index (κ3) is 1.77. The summed E-state index contributed by atoms with van der Waals surface area (Å²) in [5, 5.41) is 0.835. The number of fused-ring (bicyclic) bond motifs is 4. The number of allylic oxidation sites excluding steroid dienone is 2. The molecule has 29 heavy (non-hydrogen) atoms. The van der Waals surface area contributed by atoms with Crippen LogP contribution in [0.2, 0.25) is 0 Å². The molecule has 1 aromatic heterocycles. The number of piperidine rings is 1. The molecule has 1 saturated carbocycles. The second kappa shape index (κ2) is 4.89. The molecule has 1 unspecified atom stereocenters. The first kappa shape index (κ1) is 15.4. The Bertz CT molecular complexity index is 1300. The third-order valence-electron chi connectivity index (χ3n) is 6.81. The van der Waals surface area contributed by atoms with Gasteiger partial charge in [0.2, 0.25) is 6.79 Å². The van der Waals surface area contributed by atoms with Crippen LogP contribution < -0.4 is 9.47 Å². The van der Waals surface area contributed by atoms with Gasteiger partial charge >= 0.3 is 0 Å². The maximum absolute atomic E-state index is 13.4. The molecule has 2 aliphatic carbocycles. The molecule has 1 saturated heterocycles. The minimum Gasteiger partial charge on any atom is -0.454 e. The van der Waals surface area contributed by atoms with E-state index in [2.05, 4.69) is 4.98 Å². The van der Waals surface area contributed by atoms with Crippen molar-refractivity contribution in [1.29, 1.82) is 0 Å². The predicted octanol–water partition coefficient (Wildman–Crippen LogP) is 3.39. The van der Waals surface area contributed by atoms with Crippen molar-refractivity contribution < 1.29 is 19.1 Å². The number of amides is 1. The van der Waals surface area contributed by atoms with E-state index in [1.54, 1.807) is 11.0 Å². The normalized spacial score (nSPS) is 25.5. The summed E-state index contributed by atoms with van der Waals surface area (Å²) in [6, 6.07) is 13.4. The number of rotatable bonds is 1. The number of aromatic nitrogens is 1. The molecule has 1 spiro atoms. The number of nitrogens with one attached hydrogen (secondary N) is 1. The van der Waals surface area contributed by atoms with Crippen molar-refractivity contribution >= 4 is 22.6 Å². The Morgan fingerprint density at radius 2 is 2.07 bits per heavy atom. The highest BCUT2D eigenvalue weighted by atomic mass is 16.7. The molecular formula is C23H16N2O4. The lowest BCUT2D eigenvalue weighted by molar-refractivity contribution is 0.0806. The number of carbonyl (C=O) groups is 2. The number of ether oxygens (including phenoxy) is 2. The van der Waals surface area contributed by atoms with Crippen LogP contribution in [0.4, 0.5) is 0 Å². The average molecular weight is 384 g/mol. The van der Waals surface area contributed by atoms with Gasteiger partial charge < -0.3 is 19.4 Å². The highest BCUT2D eigenvalue weighted by Gasteiger charge is 2.67. The molecule has 2 aliphatic heterocycles. The molecule has 0 bridgehead atoms. The fourth-order valence-electron chi connectivity index (χ4n) is 5.41. The van der Waals surface area contributed by atoms with Gasteiger partial charge in [0.1, 0.15) is 5.69 Å². The molecular weight excluding hydrogens is 368 g/mol. The molecule has 3 heterocycles. The molecule has 7 rings (SSSR count). The Hall–Kier alpha value is -3.54. The maximum atomic E-state index is 13.4. The van der Waals surface area contributed by atoms with E-state index in [-0.39, 0.29) is 23.9 Å². The number of hydrogen-bond donors (Lipinski definition) is 1. The molecule has 4 aliphatic rings. The highest BCUT2D eigenvalue weighted by molar-refractivity contribution is 6.10. The van der Waals surface area contributed by atoms with E-state index in [9.17, 15) is 9.59 Å². The van der Waals surface area contributed by atoms with Crippen molar-refractivity contribution in [3.63, 3.8) is 0 Å². The van der Waals surface area contributed by atoms with E-state index in [1.807, 2.05) is 42.5 Å². The summed E-state index contributed by atoms with van der Waals surface area (Å²) in [6.45, 7) is 0.826. The maximum Gasteiger partial charge on any atom is 0.274 e. The van der Waals surface area contributed by atoms with Gasteiger partial charge in [0, 0.05) is 34.7 Å². The van der Waals surface area contributed by atoms with Crippen molar-refractivity contribution in [2.24, 2.45) is 5.92 Å². The van der Waals surface area contributed by atoms with Gasteiger partial charge in [-0.1, -0.05) is 24.3 Å². The lowest BCUT2D eigenvalue weighted by Gasteiger charge is -2.29. The lowest BCUT2D eigenvalue weighted by Crippen LogP contribution is -2.33. The van der Waals surface area contributed by atoms with Crippen LogP contribution in [0.25, 0.3) is 10.9 Å². The van der Waals surface area contributed by atoms with E-state index in [0.717, 1.165) is 34.1 Å². The zero-order chi connectivity index (χ0) is 19.3. The van der Waals surface area contributed by atoms with E-state index in [0.29, 0.717) is 29.7 Å². The highest BCUT2D eigenvalue weighted by Crippen LogP contribution is 2.66. The van der Waals surface area contributed by atoms with Crippen LogP contribution in [0.15, 0.2) is 54.2 Å². The average Bonchev–Trinajstić information content (AvgIpc) is 3.11. The van der Waals surface area contributed by atoms with E-state index >= 15 is 0 Å². The summed E-state index contributed by atoms with van der Waals surface area (Å²) >= 11 is 0. The van der Waals surface area contributed by atoms with E-state index in [4.69, 9.17) is 9.47 Å². The van der Waals surface area contributed by atoms with Crippen LogP contribution >= 0.6 is 0 Å². The summed E-state index contributed by atoms with van der Waals surface area (Å²) in [5.41, 5.74) is 3.84. The van der Waals surface area contributed by atoms with Gasteiger partial charge in [-0.15, -0.1) is 0 Å². The molecule has 142 valence electrons. The second-order valence-corrected chi connectivity index (χ2v) is 8.17. The third-order valence-corrected chi connectivity index (χ3v) is 6.81. The first-order valence-corrected chi connectivity index (χ1v) is 9.76. The monoisotopic (exact) mass is 384 g/mol. The number of aromatic amines is 1. The smallest absolute Gasteiger partial charge is 0.274 e. The fraction of sp³-hybridized carbons (Fsp3) is 0.217. The van der Waals surface area contributed by atoms with Gasteiger partial charge in [0.15, 0.2) is 17.3 Å². The minimum atomic E-state index is -0.176. The topological polar surface area (TPSA) is 71.6 Å². The van der Waals surface area contributed by atoms with Gasteiger partial charge in [-0.2, -0.15) is 0 Å². The molecule has 3 aromatic rings. The number of likely N-dealkylation sites (tertiary alicyclic amines) is 1. The number of ketones is 1. The van der Waals surface area contributed by atoms with E-state index in [1.165, 1.54) is 0 Å². The number of hydrogen-bond acceptors (Lipinski definition) is 4. The Morgan fingerprint density at radius 3 is 3.00 bits per heavy atom. The van der Waals surface area contributed by atoms with Crippen LogP contribution in [0.1, 0.15) is 32.8 Å². The van der Waals surface area contributed by atoms with Crippen LogP contribution in [0.3, 0.4) is 0 Å². The van der Waals surface area contributed by atoms with Gasteiger partial charge in [0.25, 0.3) is 5.91 Å². The fourth-order valence-corrected chi connectivity index (χ4v) is 5.41. The van der Waals surface area contributed by atoms with Gasteiger partial charge in [-0.25, -0.2) is 0 Å². The molecule has 2 atom stereocenters. The van der Waals surface area contributed by atoms with Gasteiger partial charge in [-0.3, -0.25) is 9.59 Å². The molecule has 2 fully saturated rings. The second-order valence-electron chi connectivity index (χ2n) is 8.17. The van der Waals surface area contributed by atoms with Crippen LogP contribution in [-0.2, 0) is 5.41 Å². The van der Waals surface area contributed by atoms with Crippen LogP contribution in [0, 0.1) is 5.92 Å². The summed E-state index contributed by atoms with van der Waals surface area (Å²) in [5.74, 6) is 1.59. The Balaban J connectivity index is 1.32. The molecule has 0 radical (unpaired) electrons. The summed E-state index contributed by atoms with van der Waals surface area (Å²) < 4.78 is 11.0. The van der Waals surface area contributed by atoms with Crippen molar-refractivity contribution in [2.45, 2.75) is 11.8 Å². The number of carbonyl (C=O) groups excluding carboxylic acids is 2.